The molecule has 1 atom stereocenters. The van der Waals surface area contributed by atoms with Crippen molar-refractivity contribution >= 4 is 11.6 Å². The molecule has 0 saturated heterocycles. The lowest BCUT2D eigenvalue weighted by Gasteiger charge is -2.18. The molecular formula is C12H18ClNO. The number of halogens is 1. The van der Waals surface area contributed by atoms with Crippen LogP contribution >= 0.6 is 11.6 Å². The molecule has 0 saturated carbocycles. The lowest BCUT2D eigenvalue weighted by atomic mass is 9.93. The predicted octanol–water partition coefficient (Wildman–Crippen LogP) is 3.11. The third-order valence-corrected chi connectivity index (χ3v) is 2.96. The van der Waals surface area contributed by atoms with E-state index >= 15 is 0 Å². The summed E-state index contributed by atoms with van der Waals surface area (Å²) in [7, 11) is 1.65. The minimum absolute atomic E-state index is 0.378. The van der Waals surface area contributed by atoms with E-state index < -0.39 is 0 Å². The third kappa shape index (κ3) is 2.64. The molecule has 1 aromatic rings. The van der Waals surface area contributed by atoms with Crippen molar-refractivity contribution in [1.29, 1.82) is 0 Å². The van der Waals surface area contributed by atoms with Crippen LogP contribution in [0.1, 0.15) is 30.4 Å². The average molecular weight is 228 g/mol. The Balaban J connectivity index is 3.18. The molecule has 0 aliphatic heterocycles. The van der Waals surface area contributed by atoms with E-state index in [4.69, 9.17) is 22.1 Å². The Labute approximate surface area is 96.4 Å². The van der Waals surface area contributed by atoms with E-state index in [0.717, 1.165) is 12.2 Å². The van der Waals surface area contributed by atoms with Crippen molar-refractivity contribution < 1.29 is 4.74 Å². The topological polar surface area (TPSA) is 35.2 Å². The van der Waals surface area contributed by atoms with Crippen LogP contribution in [0, 0.1) is 6.92 Å². The van der Waals surface area contributed by atoms with E-state index in [-0.39, 0.29) is 0 Å². The van der Waals surface area contributed by atoms with E-state index in [1.54, 1.807) is 7.11 Å². The van der Waals surface area contributed by atoms with Gasteiger partial charge >= 0.3 is 0 Å². The molecule has 2 N–H and O–H groups in total. The van der Waals surface area contributed by atoms with Crippen molar-refractivity contribution in [2.24, 2.45) is 5.73 Å². The first-order chi connectivity index (χ1) is 7.11. The van der Waals surface area contributed by atoms with Crippen LogP contribution in [0.15, 0.2) is 12.1 Å². The van der Waals surface area contributed by atoms with Crippen LogP contribution < -0.4 is 10.5 Å². The molecule has 84 valence electrons. The smallest absolute Gasteiger partial charge is 0.141 e. The summed E-state index contributed by atoms with van der Waals surface area (Å²) >= 11 is 6.09. The summed E-state index contributed by atoms with van der Waals surface area (Å²) in [5, 5.41) is 0.668. The summed E-state index contributed by atoms with van der Waals surface area (Å²) in [4.78, 5) is 0. The van der Waals surface area contributed by atoms with E-state index in [0.29, 0.717) is 17.5 Å². The van der Waals surface area contributed by atoms with E-state index in [2.05, 4.69) is 13.8 Å². The molecule has 0 spiro atoms. The fraction of sp³-hybridized carbons (Fsp3) is 0.500. The van der Waals surface area contributed by atoms with Gasteiger partial charge in [-0.1, -0.05) is 24.6 Å². The molecule has 0 aliphatic rings. The Morgan fingerprint density at radius 3 is 2.67 bits per heavy atom. The molecule has 0 aromatic heterocycles. The summed E-state index contributed by atoms with van der Waals surface area (Å²) in [6, 6.07) is 3.89. The maximum atomic E-state index is 6.09. The van der Waals surface area contributed by atoms with Crippen LogP contribution in [-0.2, 0) is 0 Å². The summed E-state index contributed by atoms with van der Waals surface area (Å²) in [5.41, 5.74) is 7.95. The molecule has 1 aromatic carbocycles. The van der Waals surface area contributed by atoms with Gasteiger partial charge in [-0.3, -0.25) is 0 Å². The molecule has 0 aliphatic carbocycles. The zero-order valence-corrected chi connectivity index (χ0v) is 10.3. The SMILES string of the molecule is COc1c(Cl)ccc(C)c1C(C)CCN. The summed E-state index contributed by atoms with van der Waals surface area (Å²) in [6.45, 7) is 4.89. The second-order valence-electron chi connectivity index (χ2n) is 3.79. The Morgan fingerprint density at radius 2 is 2.13 bits per heavy atom. The molecule has 0 amide bonds. The van der Waals surface area contributed by atoms with Crippen molar-refractivity contribution in [3.8, 4) is 5.75 Å². The lowest BCUT2D eigenvalue weighted by molar-refractivity contribution is 0.405. The number of methoxy groups -OCH3 is 1. The van der Waals surface area contributed by atoms with Crippen molar-refractivity contribution in [2.45, 2.75) is 26.2 Å². The Morgan fingerprint density at radius 1 is 1.47 bits per heavy atom. The van der Waals surface area contributed by atoms with Crippen molar-refractivity contribution in [2.75, 3.05) is 13.7 Å². The van der Waals surface area contributed by atoms with Gasteiger partial charge in [0.05, 0.1) is 12.1 Å². The minimum atomic E-state index is 0.378. The Hall–Kier alpha value is -0.730. The fourth-order valence-electron chi connectivity index (χ4n) is 1.89. The standard InChI is InChI=1S/C12H18ClNO/c1-8-4-5-10(13)12(15-3)11(8)9(2)6-7-14/h4-5,9H,6-7,14H2,1-3H3. The monoisotopic (exact) mass is 227 g/mol. The Kier molecular flexibility index (Phi) is 4.43. The molecule has 0 radical (unpaired) electrons. The normalized spacial score (nSPS) is 12.6. The second kappa shape index (κ2) is 5.38. The van der Waals surface area contributed by atoms with Gasteiger partial charge < -0.3 is 10.5 Å². The van der Waals surface area contributed by atoms with Crippen LogP contribution in [-0.4, -0.2) is 13.7 Å². The maximum Gasteiger partial charge on any atom is 0.141 e. The van der Waals surface area contributed by atoms with E-state index in [1.807, 2.05) is 12.1 Å². The number of rotatable bonds is 4. The molecule has 1 unspecified atom stereocenters. The summed E-state index contributed by atoms with van der Waals surface area (Å²) in [5.74, 6) is 1.17. The molecule has 0 fully saturated rings. The van der Waals surface area contributed by atoms with Gasteiger partial charge in [-0.05, 0) is 37.4 Å². The van der Waals surface area contributed by atoms with Gasteiger partial charge in [0.2, 0.25) is 0 Å². The summed E-state index contributed by atoms with van der Waals surface area (Å²) < 4.78 is 5.35. The number of hydrogen-bond acceptors (Lipinski definition) is 2. The van der Waals surface area contributed by atoms with Crippen molar-refractivity contribution in [3.63, 3.8) is 0 Å². The van der Waals surface area contributed by atoms with Crippen molar-refractivity contribution in [1.82, 2.24) is 0 Å². The molecule has 2 nitrogen and oxygen atoms in total. The van der Waals surface area contributed by atoms with Crippen LogP contribution in [0.3, 0.4) is 0 Å². The van der Waals surface area contributed by atoms with Crippen LogP contribution in [0.5, 0.6) is 5.75 Å². The quantitative estimate of drug-likeness (QED) is 0.858. The van der Waals surface area contributed by atoms with Gasteiger partial charge in [-0.2, -0.15) is 0 Å². The largest absolute Gasteiger partial charge is 0.495 e. The van der Waals surface area contributed by atoms with Crippen LogP contribution in [0.4, 0.5) is 0 Å². The highest BCUT2D eigenvalue weighted by molar-refractivity contribution is 6.32. The van der Waals surface area contributed by atoms with E-state index in [1.165, 1.54) is 11.1 Å². The Bertz CT molecular complexity index is 339. The third-order valence-electron chi connectivity index (χ3n) is 2.66. The van der Waals surface area contributed by atoms with Gasteiger partial charge in [-0.25, -0.2) is 0 Å². The predicted molar refractivity (Wildman–Crippen MR) is 64.8 cm³/mol. The molecule has 1 rings (SSSR count). The molecular weight excluding hydrogens is 210 g/mol. The highest BCUT2D eigenvalue weighted by Gasteiger charge is 2.16. The maximum absolute atomic E-state index is 6.09. The fourth-order valence-corrected chi connectivity index (χ4v) is 2.13. The van der Waals surface area contributed by atoms with Crippen LogP contribution in [0.2, 0.25) is 5.02 Å². The number of ether oxygens (including phenoxy) is 1. The number of aryl methyl sites for hydroxylation is 1. The first kappa shape index (κ1) is 12.3. The minimum Gasteiger partial charge on any atom is -0.495 e. The number of benzene rings is 1. The first-order valence-electron chi connectivity index (χ1n) is 5.14. The van der Waals surface area contributed by atoms with Gasteiger partial charge in [0.1, 0.15) is 5.75 Å². The zero-order valence-electron chi connectivity index (χ0n) is 9.51. The van der Waals surface area contributed by atoms with Gasteiger partial charge in [0, 0.05) is 5.56 Å². The second-order valence-corrected chi connectivity index (χ2v) is 4.20. The highest BCUT2D eigenvalue weighted by Crippen LogP contribution is 2.36. The number of hydrogen-bond donors (Lipinski definition) is 1. The molecule has 0 heterocycles. The van der Waals surface area contributed by atoms with Crippen LogP contribution in [0.25, 0.3) is 0 Å². The average Bonchev–Trinajstić information content (AvgIpc) is 2.21. The zero-order chi connectivity index (χ0) is 11.4. The van der Waals surface area contributed by atoms with Gasteiger partial charge in [0.25, 0.3) is 0 Å². The van der Waals surface area contributed by atoms with E-state index in [9.17, 15) is 0 Å². The molecule has 0 bridgehead atoms. The van der Waals surface area contributed by atoms with Gasteiger partial charge in [-0.15, -0.1) is 0 Å². The highest BCUT2D eigenvalue weighted by atomic mass is 35.5. The first-order valence-corrected chi connectivity index (χ1v) is 5.52. The molecule has 15 heavy (non-hydrogen) atoms. The van der Waals surface area contributed by atoms with Crippen molar-refractivity contribution in [3.05, 3.63) is 28.3 Å². The number of nitrogens with two attached hydrogens (primary N) is 1. The summed E-state index contributed by atoms with van der Waals surface area (Å²) in [6.07, 6.45) is 0.942. The van der Waals surface area contributed by atoms with Gasteiger partial charge in [0.15, 0.2) is 0 Å². The molecule has 3 heteroatoms. The lowest BCUT2D eigenvalue weighted by Crippen LogP contribution is -2.07.